The average Bonchev–Trinajstić information content (AvgIpc) is 3.75. The number of hydrogen-bond acceptors (Lipinski definition) is 7. The molecule has 1 aliphatic carbocycles. The number of ketones is 1. The molecule has 2 aliphatic heterocycles. The third-order valence-electron chi connectivity index (χ3n) is 8.78. The molecule has 4 atom stereocenters. The molecule has 0 radical (unpaired) electrons. The van der Waals surface area contributed by atoms with Gasteiger partial charge in [0.2, 0.25) is 30.4 Å². The van der Waals surface area contributed by atoms with Crippen molar-refractivity contribution >= 4 is 35.5 Å². The van der Waals surface area contributed by atoms with Gasteiger partial charge in [-0.2, -0.15) is 0 Å². The zero-order valence-electron chi connectivity index (χ0n) is 25.3. The van der Waals surface area contributed by atoms with E-state index >= 15 is 0 Å². The highest BCUT2D eigenvalue weighted by molar-refractivity contribution is 6.16. The second-order valence-electron chi connectivity index (χ2n) is 12.1. The zero-order chi connectivity index (χ0) is 31.4. The maximum Gasteiger partial charge on any atom is 0.244 e. The first-order chi connectivity index (χ1) is 21.1. The Morgan fingerprint density at radius 1 is 0.932 bits per heavy atom. The summed E-state index contributed by atoms with van der Waals surface area (Å²) in [6, 6.07) is 11.5. The van der Waals surface area contributed by atoms with E-state index in [1.807, 2.05) is 30.3 Å². The maximum atomic E-state index is 13.6. The first-order valence-corrected chi connectivity index (χ1v) is 15.3. The largest absolute Gasteiger partial charge is 0.454 e. The van der Waals surface area contributed by atoms with E-state index in [1.165, 1.54) is 6.08 Å². The molecule has 0 spiro atoms. The van der Waals surface area contributed by atoms with E-state index in [9.17, 15) is 24.0 Å². The third kappa shape index (κ3) is 7.01. The van der Waals surface area contributed by atoms with E-state index in [0.717, 1.165) is 42.4 Å². The van der Waals surface area contributed by atoms with Crippen LogP contribution in [0.25, 0.3) is 6.08 Å². The predicted octanol–water partition coefficient (Wildman–Crippen LogP) is 3.95. The Hall–Kier alpha value is -4.47. The molecule has 1 saturated carbocycles. The van der Waals surface area contributed by atoms with Crippen LogP contribution in [-0.4, -0.2) is 42.2 Å². The molecule has 10 heteroatoms. The van der Waals surface area contributed by atoms with E-state index in [2.05, 4.69) is 29.8 Å². The number of Topliss-reactive ketones (excluding diaryl/α,β-unsaturated/α-hetero) is 1. The number of fused-ring (bicyclic) bond motifs is 1. The summed E-state index contributed by atoms with van der Waals surface area (Å²) in [6.07, 6.45) is 6.27. The highest BCUT2D eigenvalue weighted by Gasteiger charge is 2.47. The SMILES string of the molecule is CC(C)c1ccc(C(CC(=O)NC(C(=O)[C@@H]2C(=O)NC(=O)[C@H]2C)C2CCCC2)NC(=O)/C=C/c2ccc3c(c2)OCO3)cc1. The average molecular weight is 602 g/mol. The Labute approximate surface area is 256 Å². The Bertz CT molecular complexity index is 1460. The summed E-state index contributed by atoms with van der Waals surface area (Å²) in [5.41, 5.74) is 2.62. The minimum absolute atomic E-state index is 0.119. The quantitative estimate of drug-likeness (QED) is 0.201. The van der Waals surface area contributed by atoms with Crippen LogP contribution in [0.5, 0.6) is 11.5 Å². The van der Waals surface area contributed by atoms with Gasteiger partial charge in [0.25, 0.3) is 0 Å². The van der Waals surface area contributed by atoms with Crippen LogP contribution in [0.2, 0.25) is 0 Å². The fourth-order valence-corrected chi connectivity index (χ4v) is 6.16. The monoisotopic (exact) mass is 601 g/mol. The number of carbonyl (C=O) groups is 5. The molecule has 0 bridgehead atoms. The minimum Gasteiger partial charge on any atom is -0.454 e. The standard InChI is InChI=1S/C34H39N3O7/c1-19(2)22-10-12-23(13-11-22)25(35-28(38)15-9-21-8-14-26-27(16-21)44-18-43-26)17-29(39)36-31(24-6-4-5-7-24)32(40)30-20(3)33(41)37-34(30)42/h8-16,19-20,24-25,30-31H,4-7,17-18H2,1-3H3,(H,35,38)(H,36,39)(H,37,41,42)/b15-9+/t20-,25?,30+,31?/m0/s1. The molecule has 1 saturated heterocycles. The van der Waals surface area contributed by atoms with Gasteiger partial charge in [-0.1, -0.05) is 63.9 Å². The van der Waals surface area contributed by atoms with Gasteiger partial charge >= 0.3 is 0 Å². The molecule has 2 fully saturated rings. The smallest absolute Gasteiger partial charge is 0.244 e. The Balaban J connectivity index is 1.32. The van der Waals surface area contributed by atoms with Crippen LogP contribution in [0.3, 0.4) is 0 Å². The van der Waals surface area contributed by atoms with Crippen molar-refractivity contribution in [3.63, 3.8) is 0 Å². The van der Waals surface area contributed by atoms with Crippen LogP contribution in [-0.2, 0) is 24.0 Å². The van der Waals surface area contributed by atoms with Gasteiger partial charge in [-0.05, 0) is 59.6 Å². The van der Waals surface area contributed by atoms with Crippen molar-refractivity contribution in [1.29, 1.82) is 0 Å². The van der Waals surface area contributed by atoms with Gasteiger partial charge in [0, 0.05) is 6.08 Å². The lowest BCUT2D eigenvalue weighted by Gasteiger charge is -2.27. The predicted molar refractivity (Wildman–Crippen MR) is 162 cm³/mol. The summed E-state index contributed by atoms with van der Waals surface area (Å²) < 4.78 is 10.7. The minimum atomic E-state index is -1.13. The first-order valence-electron chi connectivity index (χ1n) is 15.3. The van der Waals surface area contributed by atoms with Gasteiger partial charge in [0.05, 0.1) is 24.4 Å². The maximum absolute atomic E-state index is 13.6. The number of imide groups is 1. The van der Waals surface area contributed by atoms with Gasteiger partial charge in [0.1, 0.15) is 5.92 Å². The second-order valence-corrected chi connectivity index (χ2v) is 12.1. The highest BCUT2D eigenvalue weighted by atomic mass is 16.7. The fraction of sp³-hybridized carbons (Fsp3) is 0.441. The van der Waals surface area contributed by atoms with E-state index in [4.69, 9.17) is 9.47 Å². The van der Waals surface area contributed by atoms with E-state index < -0.39 is 53.3 Å². The number of hydrogen-bond donors (Lipinski definition) is 3. The molecule has 2 aromatic rings. The molecule has 5 rings (SSSR count). The molecule has 232 valence electrons. The van der Waals surface area contributed by atoms with Gasteiger partial charge in [-0.25, -0.2) is 0 Å². The fourth-order valence-electron chi connectivity index (χ4n) is 6.16. The molecule has 4 amide bonds. The summed E-state index contributed by atoms with van der Waals surface area (Å²) in [5.74, 6) is -2.84. The number of amides is 4. The molecule has 10 nitrogen and oxygen atoms in total. The Kier molecular flexibility index (Phi) is 9.46. The van der Waals surface area contributed by atoms with Crippen LogP contribution in [0.15, 0.2) is 48.5 Å². The van der Waals surface area contributed by atoms with Gasteiger partial charge in [0.15, 0.2) is 17.3 Å². The summed E-state index contributed by atoms with van der Waals surface area (Å²) >= 11 is 0. The summed E-state index contributed by atoms with van der Waals surface area (Å²) in [5, 5.41) is 8.09. The number of nitrogens with one attached hydrogen (secondary N) is 3. The van der Waals surface area contributed by atoms with Crippen LogP contribution < -0.4 is 25.4 Å². The summed E-state index contributed by atoms with van der Waals surface area (Å²) in [6.45, 7) is 5.88. The van der Waals surface area contributed by atoms with Crippen LogP contribution >= 0.6 is 0 Å². The topological polar surface area (TPSA) is 140 Å². The lowest BCUT2D eigenvalue weighted by Crippen LogP contribution is -2.50. The molecule has 2 aromatic carbocycles. The van der Waals surface area contributed by atoms with Gasteiger partial charge in [-0.15, -0.1) is 0 Å². The molecule has 2 heterocycles. The first kappa shape index (κ1) is 31.0. The zero-order valence-corrected chi connectivity index (χ0v) is 25.3. The molecule has 44 heavy (non-hydrogen) atoms. The lowest BCUT2D eigenvalue weighted by molar-refractivity contribution is -0.137. The van der Waals surface area contributed by atoms with E-state index in [0.29, 0.717) is 17.4 Å². The van der Waals surface area contributed by atoms with Crippen molar-refractivity contribution in [2.24, 2.45) is 17.8 Å². The third-order valence-corrected chi connectivity index (χ3v) is 8.78. The van der Waals surface area contributed by atoms with Gasteiger partial charge < -0.3 is 20.1 Å². The molecular weight excluding hydrogens is 562 g/mol. The van der Waals surface area contributed by atoms with Crippen molar-refractivity contribution in [1.82, 2.24) is 16.0 Å². The number of carbonyl (C=O) groups excluding carboxylic acids is 5. The van der Waals surface area contributed by atoms with Crippen LogP contribution in [0.4, 0.5) is 0 Å². The Morgan fingerprint density at radius 2 is 1.61 bits per heavy atom. The summed E-state index contributed by atoms with van der Waals surface area (Å²) in [4.78, 5) is 64.9. The van der Waals surface area contributed by atoms with Crippen molar-refractivity contribution in [2.45, 2.75) is 70.9 Å². The molecule has 0 aromatic heterocycles. The number of ether oxygens (including phenoxy) is 2. The lowest BCUT2D eigenvalue weighted by atomic mass is 9.83. The van der Waals surface area contributed by atoms with E-state index in [1.54, 1.807) is 25.1 Å². The molecule has 2 unspecified atom stereocenters. The van der Waals surface area contributed by atoms with E-state index in [-0.39, 0.29) is 19.1 Å². The molecular formula is C34H39N3O7. The second kappa shape index (κ2) is 13.4. The Morgan fingerprint density at radius 3 is 2.27 bits per heavy atom. The van der Waals surface area contributed by atoms with Crippen LogP contribution in [0, 0.1) is 17.8 Å². The van der Waals surface area contributed by atoms with Crippen LogP contribution in [0.1, 0.15) is 81.5 Å². The van der Waals surface area contributed by atoms with Crippen molar-refractivity contribution in [2.75, 3.05) is 6.79 Å². The van der Waals surface area contributed by atoms with Crippen molar-refractivity contribution in [3.05, 3.63) is 65.2 Å². The van der Waals surface area contributed by atoms with Crippen molar-refractivity contribution in [3.8, 4) is 11.5 Å². The van der Waals surface area contributed by atoms with Crippen molar-refractivity contribution < 1.29 is 33.4 Å². The number of rotatable bonds is 11. The van der Waals surface area contributed by atoms with Gasteiger partial charge in [-0.3, -0.25) is 29.3 Å². The molecule has 3 aliphatic rings. The summed E-state index contributed by atoms with van der Waals surface area (Å²) in [7, 11) is 0. The number of benzene rings is 2. The normalized spacial score (nSPS) is 21.0. The molecule has 3 N–H and O–H groups in total. The highest BCUT2D eigenvalue weighted by Crippen LogP contribution is 2.34.